The monoisotopic (exact) mass is 632 g/mol. The number of piperidine rings is 1. The maximum Gasteiger partial charge on any atom is 0.416 e. The largest absolute Gasteiger partial charge is 0.497 e. The molecule has 9 nitrogen and oxygen atoms in total. The number of nitrogens with one attached hydrogen (secondary N) is 2. The van der Waals surface area contributed by atoms with Crippen molar-refractivity contribution in [3.8, 4) is 11.5 Å². The van der Waals surface area contributed by atoms with Crippen LogP contribution in [0.4, 0.5) is 30.2 Å². The summed E-state index contributed by atoms with van der Waals surface area (Å²) in [6, 6.07) is 19.2. The normalized spacial score (nSPS) is 17.1. The van der Waals surface area contributed by atoms with Gasteiger partial charge in [-0.3, -0.25) is 14.4 Å². The minimum absolute atomic E-state index is 0.0178. The SMILES string of the molecule is COc1cc(OC)cc(C(=O)Nc2cc(C(=O)Nc3cccc(C(F)(F)F)c3)ccc2N2C[C@H]3C[C@@H](C2)c2cccc(=O)n2C3)c1. The molecule has 3 heterocycles. The number of halogens is 3. The molecular formula is C34H31F3N4O5. The molecule has 1 fully saturated rings. The van der Waals surface area contributed by atoms with E-state index in [0.29, 0.717) is 42.5 Å². The number of methoxy groups -OCH3 is 2. The lowest BCUT2D eigenvalue weighted by Crippen LogP contribution is -2.47. The Morgan fingerprint density at radius 1 is 0.804 bits per heavy atom. The van der Waals surface area contributed by atoms with Crippen molar-refractivity contribution in [2.75, 3.05) is 42.8 Å². The number of fused-ring (bicyclic) bond motifs is 4. The second kappa shape index (κ2) is 12.3. The van der Waals surface area contributed by atoms with Crippen LogP contribution in [0.5, 0.6) is 11.5 Å². The molecule has 0 spiro atoms. The van der Waals surface area contributed by atoms with Crippen LogP contribution >= 0.6 is 0 Å². The zero-order valence-corrected chi connectivity index (χ0v) is 25.1. The molecule has 2 N–H and O–H groups in total. The first-order valence-electron chi connectivity index (χ1n) is 14.6. The van der Waals surface area contributed by atoms with Gasteiger partial charge in [-0.25, -0.2) is 0 Å². The van der Waals surface area contributed by atoms with Crippen LogP contribution in [-0.2, 0) is 12.7 Å². The number of ether oxygens (including phenoxy) is 2. The zero-order chi connectivity index (χ0) is 32.6. The second-order valence-electron chi connectivity index (χ2n) is 11.4. The molecule has 2 atom stereocenters. The lowest BCUT2D eigenvalue weighted by atomic mass is 9.83. The van der Waals surface area contributed by atoms with Crippen molar-refractivity contribution in [3.63, 3.8) is 0 Å². The van der Waals surface area contributed by atoms with Gasteiger partial charge >= 0.3 is 6.18 Å². The number of hydrogen-bond acceptors (Lipinski definition) is 6. The van der Waals surface area contributed by atoms with E-state index < -0.39 is 23.6 Å². The van der Waals surface area contributed by atoms with Gasteiger partial charge in [0.1, 0.15) is 11.5 Å². The second-order valence-corrected chi connectivity index (χ2v) is 11.4. The van der Waals surface area contributed by atoms with Gasteiger partial charge in [-0.2, -0.15) is 13.2 Å². The maximum atomic E-state index is 13.6. The van der Waals surface area contributed by atoms with Crippen LogP contribution < -0.4 is 30.6 Å². The van der Waals surface area contributed by atoms with Crippen molar-refractivity contribution in [1.29, 1.82) is 0 Å². The van der Waals surface area contributed by atoms with E-state index in [9.17, 15) is 27.6 Å². The van der Waals surface area contributed by atoms with E-state index in [0.717, 1.165) is 24.2 Å². The first-order chi connectivity index (χ1) is 22.0. The van der Waals surface area contributed by atoms with Gasteiger partial charge in [0.15, 0.2) is 0 Å². The highest BCUT2D eigenvalue weighted by molar-refractivity contribution is 6.09. The fourth-order valence-corrected chi connectivity index (χ4v) is 6.26. The minimum atomic E-state index is -4.57. The lowest BCUT2D eigenvalue weighted by molar-refractivity contribution is -0.137. The Morgan fingerprint density at radius 3 is 2.24 bits per heavy atom. The first kappa shape index (κ1) is 30.8. The standard InChI is InChI=1S/C34H31F3N4O5/c1-45-26-12-22(13-27(16-26)46-2)33(44)39-28-14-21(32(43)38-25-6-3-5-24(15-25)34(35,36)37)9-10-30(28)40-17-20-11-23(19-40)29-7-4-8-31(42)41(29)18-20/h3-10,12-16,20,23H,11,17-19H2,1-2H3,(H,38,43)(H,39,44)/t20-,23+/m1/s1. The number of amides is 2. The van der Waals surface area contributed by atoms with E-state index in [-0.39, 0.29) is 34.2 Å². The first-order valence-corrected chi connectivity index (χ1v) is 14.6. The third-order valence-corrected chi connectivity index (χ3v) is 8.39. The lowest BCUT2D eigenvalue weighted by Gasteiger charge is -2.44. The summed E-state index contributed by atoms with van der Waals surface area (Å²) in [5, 5.41) is 5.46. The predicted octanol–water partition coefficient (Wildman–Crippen LogP) is 6.01. The quantitative estimate of drug-likeness (QED) is 0.259. The molecular weight excluding hydrogens is 601 g/mol. The van der Waals surface area contributed by atoms with Gasteiger partial charge in [-0.1, -0.05) is 12.1 Å². The fraction of sp³-hybridized carbons (Fsp3) is 0.265. The van der Waals surface area contributed by atoms with Crippen molar-refractivity contribution >= 4 is 28.9 Å². The van der Waals surface area contributed by atoms with Crippen LogP contribution in [0.15, 0.2) is 83.7 Å². The maximum absolute atomic E-state index is 13.6. The summed E-state index contributed by atoms with van der Waals surface area (Å²) in [4.78, 5) is 41.6. The highest BCUT2D eigenvalue weighted by atomic mass is 19.4. The van der Waals surface area contributed by atoms with Crippen LogP contribution in [0.2, 0.25) is 0 Å². The fourth-order valence-electron chi connectivity index (χ4n) is 6.26. The Kier molecular flexibility index (Phi) is 8.20. The van der Waals surface area contributed by atoms with Crippen molar-refractivity contribution in [2.45, 2.75) is 25.1 Å². The number of anilines is 3. The third kappa shape index (κ3) is 6.28. The Bertz CT molecular complexity index is 1850. The molecule has 0 radical (unpaired) electrons. The number of rotatable bonds is 7. The summed E-state index contributed by atoms with van der Waals surface area (Å²) in [6.45, 7) is 1.76. The number of pyridine rings is 1. The van der Waals surface area contributed by atoms with Crippen LogP contribution in [0.1, 0.15) is 44.3 Å². The van der Waals surface area contributed by atoms with E-state index in [1.807, 2.05) is 10.6 Å². The highest BCUT2D eigenvalue weighted by Crippen LogP contribution is 2.40. The Morgan fingerprint density at radius 2 is 1.52 bits per heavy atom. The molecule has 0 aliphatic carbocycles. The molecule has 3 aromatic carbocycles. The average molecular weight is 633 g/mol. The summed E-state index contributed by atoms with van der Waals surface area (Å²) in [6.07, 6.45) is -3.65. The number of nitrogens with zero attached hydrogens (tertiary/aromatic N) is 2. The number of aromatic nitrogens is 1. The van der Waals surface area contributed by atoms with Crippen molar-refractivity contribution in [1.82, 2.24) is 4.57 Å². The molecule has 2 aliphatic rings. The number of alkyl halides is 3. The van der Waals surface area contributed by atoms with E-state index in [2.05, 4.69) is 15.5 Å². The van der Waals surface area contributed by atoms with Crippen LogP contribution in [-0.4, -0.2) is 43.7 Å². The van der Waals surface area contributed by atoms with Crippen LogP contribution in [0, 0.1) is 5.92 Å². The van der Waals surface area contributed by atoms with E-state index in [1.165, 1.54) is 32.4 Å². The number of hydrogen-bond donors (Lipinski definition) is 2. The number of carbonyl (C=O) groups is 2. The zero-order valence-electron chi connectivity index (χ0n) is 25.1. The molecule has 2 amide bonds. The smallest absolute Gasteiger partial charge is 0.416 e. The molecule has 0 saturated carbocycles. The number of benzene rings is 3. The van der Waals surface area contributed by atoms with Gasteiger partial charge in [0.25, 0.3) is 17.4 Å². The van der Waals surface area contributed by atoms with E-state index in [1.54, 1.807) is 42.5 Å². The van der Waals surface area contributed by atoms with Crippen molar-refractivity contribution < 1.29 is 32.2 Å². The Balaban J connectivity index is 1.34. The van der Waals surface area contributed by atoms with Crippen molar-refractivity contribution in [3.05, 3.63) is 112 Å². The molecule has 6 rings (SSSR count). The van der Waals surface area contributed by atoms with Gasteiger partial charge in [-0.05, 0) is 66.9 Å². The Labute approximate surface area is 262 Å². The summed E-state index contributed by atoms with van der Waals surface area (Å²) >= 11 is 0. The predicted molar refractivity (Wildman–Crippen MR) is 167 cm³/mol. The molecule has 4 aromatic rings. The molecule has 238 valence electrons. The molecule has 1 aromatic heterocycles. The third-order valence-electron chi connectivity index (χ3n) is 8.39. The summed E-state index contributed by atoms with van der Waals surface area (Å²) in [7, 11) is 2.95. The van der Waals surface area contributed by atoms with Crippen LogP contribution in [0.3, 0.4) is 0 Å². The molecule has 1 saturated heterocycles. The summed E-state index contributed by atoms with van der Waals surface area (Å²) in [5.74, 6) is -0.0393. The molecule has 46 heavy (non-hydrogen) atoms. The van der Waals surface area contributed by atoms with E-state index in [4.69, 9.17) is 9.47 Å². The minimum Gasteiger partial charge on any atom is -0.497 e. The van der Waals surface area contributed by atoms with E-state index >= 15 is 0 Å². The number of carbonyl (C=O) groups excluding carboxylic acids is 2. The summed E-state index contributed by atoms with van der Waals surface area (Å²) < 4.78 is 52.2. The molecule has 2 aliphatic heterocycles. The average Bonchev–Trinajstić information content (AvgIpc) is 3.04. The molecule has 12 heteroatoms. The topological polar surface area (TPSA) is 102 Å². The van der Waals surface area contributed by atoms with Gasteiger partial charge in [0.2, 0.25) is 0 Å². The van der Waals surface area contributed by atoms with Gasteiger partial charge in [0.05, 0.1) is 31.2 Å². The molecule has 2 bridgehead atoms. The van der Waals surface area contributed by atoms with Crippen LogP contribution in [0.25, 0.3) is 0 Å². The summed E-state index contributed by atoms with van der Waals surface area (Å²) in [5.41, 5.74) is 1.42. The van der Waals surface area contributed by atoms with Gasteiger partial charge in [-0.15, -0.1) is 0 Å². The van der Waals surface area contributed by atoms with Crippen molar-refractivity contribution in [2.24, 2.45) is 5.92 Å². The molecule has 0 unspecified atom stereocenters. The van der Waals surface area contributed by atoms with Gasteiger partial charge in [0, 0.05) is 60.2 Å². The van der Waals surface area contributed by atoms with Gasteiger partial charge < -0.3 is 29.6 Å². The highest BCUT2D eigenvalue weighted by Gasteiger charge is 2.35. The Hall–Kier alpha value is -5.26.